The third-order valence-corrected chi connectivity index (χ3v) is 5.50. The van der Waals surface area contributed by atoms with Crippen molar-refractivity contribution in [3.8, 4) is 5.75 Å². The Morgan fingerprint density at radius 2 is 1.70 bits per heavy atom. The van der Waals surface area contributed by atoms with Gasteiger partial charge in [0.25, 0.3) is 0 Å². The molecule has 2 aromatic carbocycles. The Balaban J connectivity index is 2.22. The molecule has 0 heterocycles. The van der Waals surface area contributed by atoms with Crippen LogP contribution < -0.4 is 10.1 Å². The minimum atomic E-state index is -0.532. The lowest BCUT2D eigenvalue weighted by Crippen LogP contribution is -2.53. The molecular weight excluding hydrogens is 396 g/mol. The van der Waals surface area contributed by atoms with Crippen molar-refractivity contribution in [1.29, 1.82) is 0 Å². The van der Waals surface area contributed by atoms with Crippen LogP contribution in [0, 0.1) is 0 Å². The molecule has 162 valence electrons. The summed E-state index contributed by atoms with van der Waals surface area (Å²) in [5, 5.41) is 3.02. The third kappa shape index (κ3) is 7.41. The topological polar surface area (TPSA) is 58.6 Å². The van der Waals surface area contributed by atoms with E-state index in [0.29, 0.717) is 13.0 Å². The molecule has 0 saturated heterocycles. The third-order valence-electron chi connectivity index (χ3n) is 4.50. The molecule has 0 aliphatic rings. The Hall–Kier alpha value is -2.47. The summed E-state index contributed by atoms with van der Waals surface area (Å²) in [6.07, 6.45) is 0.541. The fourth-order valence-electron chi connectivity index (χ4n) is 3.04. The van der Waals surface area contributed by atoms with E-state index in [9.17, 15) is 9.59 Å². The van der Waals surface area contributed by atoms with E-state index in [1.807, 2.05) is 82.3 Å². The molecule has 0 radical (unpaired) electrons. The summed E-state index contributed by atoms with van der Waals surface area (Å²) in [6.45, 7) is 8.13. The number of carbonyl (C=O) groups is 2. The maximum absolute atomic E-state index is 13.2. The monoisotopic (exact) mass is 428 g/mol. The average Bonchev–Trinajstić information content (AvgIpc) is 2.71. The molecule has 2 rings (SSSR count). The van der Waals surface area contributed by atoms with Crippen molar-refractivity contribution in [3.63, 3.8) is 0 Å². The van der Waals surface area contributed by atoms with E-state index in [2.05, 4.69) is 5.32 Å². The number of benzene rings is 2. The van der Waals surface area contributed by atoms with Crippen molar-refractivity contribution < 1.29 is 14.3 Å². The van der Waals surface area contributed by atoms with Gasteiger partial charge in [-0.1, -0.05) is 37.3 Å². The number of rotatable bonds is 9. The fourth-order valence-corrected chi connectivity index (χ4v) is 3.85. The predicted molar refractivity (Wildman–Crippen MR) is 123 cm³/mol. The Morgan fingerprint density at radius 3 is 2.23 bits per heavy atom. The molecule has 0 aliphatic carbocycles. The van der Waals surface area contributed by atoms with E-state index in [1.165, 1.54) is 11.8 Å². The quantitative estimate of drug-likeness (QED) is 0.597. The summed E-state index contributed by atoms with van der Waals surface area (Å²) in [5.41, 5.74) is 0.592. The molecule has 0 aromatic heterocycles. The van der Waals surface area contributed by atoms with Gasteiger partial charge in [-0.2, -0.15) is 0 Å². The van der Waals surface area contributed by atoms with E-state index >= 15 is 0 Å². The van der Waals surface area contributed by atoms with Crippen LogP contribution in [-0.4, -0.2) is 41.2 Å². The van der Waals surface area contributed by atoms with E-state index in [4.69, 9.17) is 4.74 Å². The lowest BCUT2D eigenvalue weighted by atomic mass is 10.1. The first-order chi connectivity index (χ1) is 14.2. The second-order valence-corrected chi connectivity index (χ2v) is 9.18. The summed E-state index contributed by atoms with van der Waals surface area (Å²) < 4.78 is 5.22. The van der Waals surface area contributed by atoms with Gasteiger partial charge in [-0.05, 0) is 57.0 Å². The number of thioether (sulfide) groups is 1. The molecule has 0 spiro atoms. The van der Waals surface area contributed by atoms with Gasteiger partial charge in [0, 0.05) is 17.0 Å². The molecule has 30 heavy (non-hydrogen) atoms. The van der Waals surface area contributed by atoms with Gasteiger partial charge in [-0.25, -0.2) is 0 Å². The zero-order valence-electron chi connectivity index (χ0n) is 18.5. The molecular formula is C24H32N2O3S. The first kappa shape index (κ1) is 23.8. The smallest absolute Gasteiger partial charge is 0.243 e. The highest BCUT2D eigenvalue weighted by Gasteiger charge is 2.30. The number of hydrogen-bond acceptors (Lipinski definition) is 4. The zero-order chi connectivity index (χ0) is 22.1. The van der Waals surface area contributed by atoms with Gasteiger partial charge < -0.3 is 15.0 Å². The van der Waals surface area contributed by atoms with E-state index < -0.39 is 6.04 Å². The van der Waals surface area contributed by atoms with Crippen LogP contribution in [0.1, 0.15) is 39.7 Å². The van der Waals surface area contributed by atoms with Crippen LogP contribution in [0.5, 0.6) is 5.75 Å². The molecule has 2 amide bonds. The van der Waals surface area contributed by atoms with Crippen molar-refractivity contribution >= 4 is 23.6 Å². The van der Waals surface area contributed by atoms with Crippen molar-refractivity contribution in [2.24, 2.45) is 0 Å². The molecule has 5 nitrogen and oxygen atoms in total. The van der Waals surface area contributed by atoms with Crippen LogP contribution in [0.25, 0.3) is 0 Å². The molecule has 0 aliphatic heterocycles. The molecule has 1 atom stereocenters. The maximum Gasteiger partial charge on any atom is 0.243 e. The van der Waals surface area contributed by atoms with Gasteiger partial charge in [0.05, 0.1) is 12.9 Å². The van der Waals surface area contributed by atoms with Gasteiger partial charge in [0.2, 0.25) is 11.8 Å². The second-order valence-electron chi connectivity index (χ2n) is 8.13. The summed E-state index contributed by atoms with van der Waals surface area (Å²) in [6, 6.07) is 16.9. The van der Waals surface area contributed by atoms with Crippen LogP contribution >= 0.6 is 11.8 Å². The Kier molecular flexibility index (Phi) is 8.78. The maximum atomic E-state index is 13.2. The lowest BCUT2D eigenvalue weighted by Gasteiger charge is -2.33. The van der Waals surface area contributed by atoms with Crippen molar-refractivity contribution in [1.82, 2.24) is 10.2 Å². The van der Waals surface area contributed by atoms with Gasteiger partial charge >= 0.3 is 0 Å². The first-order valence-corrected chi connectivity index (χ1v) is 11.1. The number of amides is 2. The Labute approximate surface area is 184 Å². The fraction of sp³-hybridized carbons (Fsp3) is 0.417. The van der Waals surface area contributed by atoms with Crippen LogP contribution in [0.2, 0.25) is 0 Å². The van der Waals surface area contributed by atoms with Crippen molar-refractivity contribution in [3.05, 3.63) is 60.2 Å². The van der Waals surface area contributed by atoms with Crippen molar-refractivity contribution in [2.45, 2.75) is 57.1 Å². The molecule has 6 heteroatoms. The molecule has 1 N–H and O–H groups in total. The first-order valence-electron chi connectivity index (χ1n) is 10.2. The van der Waals surface area contributed by atoms with Crippen LogP contribution in [0.15, 0.2) is 59.5 Å². The zero-order valence-corrected chi connectivity index (χ0v) is 19.3. The summed E-state index contributed by atoms with van der Waals surface area (Å²) in [5.74, 6) is 0.848. The van der Waals surface area contributed by atoms with E-state index in [0.717, 1.165) is 16.2 Å². The van der Waals surface area contributed by atoms with Gasteiger partial charge in [0.1, 0.15) is 11.8 Å². The molecule has 0 fully saturated rings. The number of carbonyl (C=O) groups excluding carboxylic acids is 2. The lowest BCUT2D eigenvalue weighted by molar-refractivity contribution is -0.140. The number of hydrogen-bond donors (Lipinski definition) is 1. The number of nitrogens with zero attached hydrogens (tertiary/aromatic N) is 1. The van der Waals surface area contributed by atoms with Crippen LogP contribution in [-0.2, 0) is 16.1 Å². The average molecular weight is 429 g/mol. The highest BCUT2D eigenvalue weighted by Crippen LogP contribution is 2.21. The Bertz CT molecular complexity index is 817. The van der Waals surface area contributed by atoms with Gasteiger partial charge in [-0.3, -0.25) is 9.59 Å². The molecule has 0 saturated carbocycles. The number of methoxy groups -OCH3 is 1. The largest absolute Gasteiger partial charge is 0.497 e. The van der Waals surface area contributed by atoms with Gasteiger partial charge in [-0.15, -0.1) is 11.8 Å². The van der Waals surface area contributed by atoms with E-state index in [1.54, 1.807) is 12.0 Å². The predicted octanol–water partition coefficient (Wildman–Crippen LogP) is 4.51. The van der Waals surface area contributed by atoms with Crippen molar-refractivity contribution in [2.75, 3.05) is 12.9 Å². The summed E-state index contributed by atoms with van der Waals surface area (Å²) in [7, 11) is 1.62. The molecule has 0 bridgehead atoms. The molecule has 2 aromatic rings. The van der Waals surface area contributed by atoms with Crippen LogP contribution in [0.4, 0.5) is 0 Å². The minimum Gasteiger partial charge on any atom is -0.497 e. The normalized spacial score (nSPS) is 12.2. The summed E-state index contributed by atoms with van der Waals surface area (Å²) >= 11 is 1.48. The van der Waals surface area contributed by atoms with E-state index in [-0.39, 0.29) is 23.1 Å². The SMILES string of the molecule is CCC(C(=O)NC(C)(C)C)N(Cc1ccc(OC)cc1)C(=O)CSc1ccccc1. The highest BCUT2D eigenvalue weighted by atomic mass is 32.2. The second kappa shape index (κ2) is 11.1. The highest BCUT2D eigenvalue weighted by molar-refractivity contribution is 8.00. The Morgan fingerprint density at radius 1 is 1.07 bits per heavy atom. The molecule has 1 unspecified atom stereocenters. The van der Waals surface area contributed by atoms with Gasteiger partial charge in [0.15, 0.2) is 0 Å². The standard InChI is InChI=1S/C24H32N2O3S/c1-6-21(23(28)25-24(2,3)4)26(16-18-12-14-19(29-5)15-13-18)22(27)17-30-20-10-8-7-9-11-20/h7-15,21H,6,16-17H2,1-5H3,(H,25,28). The number of ether oxygens (including phenoxy) is 1. The van der Waals surface area contributed by atoms with Crippen LogP contribution in [0.3, 0.4) is 0 Å². The number of nitrogens with one attached hydrogen (secondary N) is 1. The minimum absolute atomic E-state index is 0.0596. The summed E-state index contributed by atoms with van der Waals surface area (Å²) in [4.78, 5) is 28.9.